The number of nitrogens with zero attached hydrogens (tertiary/aromatic N) is 1. The van der Waals surface area contributed by atoms with Crippen LogP contribution in [0.5, 0.6) is 5.75 Å². The van der Waals surface area contributed by atoms with Gasteiger partial charge in [-0.3, -0.25) is 9.78 Å². The van der Waals surface area contributed by atoms with Crippen LogP contribution in [-0.2, 0) is 6.42 Å². The molecule has 0 aliphatic heterocycles. The van der Waals surface area contributed by atoms with Crippen LogP contribution in [-0.4, -0.2) is 17.9 Å². The van der Waals surface area contributed by atoms with E-state index in [1.165, 1.54) is 7.11 Å². The molecule has 2 aromatic rings. The average Bonchev–Trinajstić information content (AvgIpc) is 2.46. The highest BCUT2D eigenvalue weighted by Gasteiger charge is 2.09. The maximum absolute atomic E-state index is 12.1. The molecule has 2 rings (SSSR count). The first-order valence-electron chi connectivity index (χ1n) is 5.96. The molecular formula is C15H14ClNO2. The van der Waals surface area contributed by atoms with Crippen molar-refractivity contribution in [1.82, 2.24) is 4.98 Å². The maximum Gasteiger partial charge on any atom is 0.163 e. The molecular weight excluding hydrogens is 262 g/mol. The molecule has 0 unspecified atom stereocenters. The van der Waals surface area contributed by atoms with Gasteiger partial charge in [-0.15, -0.1) is 0 Å². The van der Waals surface area contributed by atoms with Crippen molar-refractivity contribution in [3.05, 3.63) is 58.9 Å². The molecule has 0 fully saturated rings. The number of benzene rings is 1. The minimum Gasteiger partial charge on any atom is -0.495 e. The fourth-order valence-corrected chi connectivity index (χ4v) is 1.98. The summed E-state index contributed by atoms with van der Waals surface area (Å²) in [4.78, 5) is 16.0. The Kier molecular flexibility index (Phi) is 4.53. The molecule has 4 heteroatoms. The van der Waals surface area contributed by atoms with Gasteiger partial charge >= 0.3 is 0 Å². The summed E-state index contributed by atoms with van der Waals surface area (Å²) >= 11 is 5.93. The highest BCUT2D eigenvalue weighted by atomic mass is 35.5. The van der Waals surface area contributed by atoms with Crippen molar-refractivity contribution in [3.8, 4) is 5.75 Å². The number of hydrogen-bond acceptors (Lipinski definition) is 3. The Bertz CT molecular complexity index is 570. The number of carbonyl (C=O) groups is 1. The third-order valence-corrected chi connectivity index (χ3v) is 3.18. The zero-order chi connectivity index (χ0) is 13.7. The number of carbonyl (C=O) groups excluding carboxylic acids is 1. The van der Waals surface area contributed by atoms with Crippen molar-refractivity contribution < 1.29 is 9.53 Å². The summed E-state index contributed by atoms with van der Waals surface area (Å²) in [5.74, 6) is 0.600. The van der Waals surface area contributed by atoms with Gasteiger partial charge < -0.3 is 4.74 Å². The first kappa shape index (κ1) is 13.6. The van der Waals surface area contributed by atoms with E-state index in [2.05, 4.69) is 4.98 Å². The van der Waals surface area contributed by atoms with Crippen LogP contribution in [0, 0.1) is 0 Å². The number of Topliss-reactive ketones (excluding diaryl/α,β-unsaturated/α-hetero) is 1. The van der Waals surface area contributed by atoms with Crippen LogP contribution in [0.3, 0.4) is 0 Å². The molecule has 0 atom stereocenters. The number of methoxy groups -OCH3 is 1. The molecule has 0 radical (unpaired) electrons. The monoisotopic (exact) mass is 275 g/mol. The van der Waals surface area contributed by atoms with Crippen LogP contribution in [0.4, 0.5) is 0 Å². The number of aromatic nitrogens is 1. The Hall–Kier alpha value is -1.87. The van der Waals surface area contributed by atoms with E-state index in [0.29, 0.717) is 29.2 Å². The molecule has 0 aliphatic rings. The van der Waals surface area contributed by atoms with Crippen LogP contribution in [0.1, 0.15) is 22.3 Å². The Morgan fingerprint density at radius 3 is 2.68 bits per heavy atom. The minimum atomic E-state index is 0.0757. The fourth-order valence-electron chi connectivity index (χ4n) is 1.78. The van der Waals surface area contributed by atoms with Crippen molar-refractivity contribution in [2.45, 2.75) is 12.8 Å². The number of aryl methyl sites for hydroxylation is 1. The Labute approximate surface area is 117 Å². The number of hydrogen-bond donors (Lipinski definition) is 0. The van der Waals surface area contributed by atoms with Gasteiger partial charge in [0.25, 0.3) is 0 Å². The van der Waals surface area contributed by atoms with E-state index in [-0.39, 0.29) is 5.78 Å². The normalized spacial score (nSPS) is 10.2. The van der Waals surface area contributed by atoms with Crippen LogP contribution < -0.4 is 4.74 Å². The van der Waals surface area contributed by atoms with Gasteiger partial charge in [0.05, 0.1) is 12.1 Å². The van der Waals surface area contributed by atoms with Crippen molar-refractivity contribution in [2.24, 2.45) is 0 Å². The summed E-state index contributed by atoms with van der Waals surface area (Å²) in [5.41, 5.74) is 1.72. The molecule has 98 valence electrons. The zero-order valence-electron chi connectivity index (χ0n) is 10.6. The van der Waals surface area contributed by atoms with E-state index in [9.17, 15) is 4.79 Å². The lowest BCUT2D eigenvalue weighted by atomic mass is 10.0. The summed E-state index contributed by atoms with van der Waals surface area (Å²) in [5, 5.41) is 0.508. The topological polar surface area (TPSA) is 39.2 Å². The second-order valence-corrected chi connectivity index (χ2v) is 4.54. The van der Waals surface area contributed by atoms with Crippen LogP contribution in [0.25, 0.3) is 0 Å². The molecule has 0 bridgehead atoms. The largest absolute Gasteiger partial charge is 0.495 e. The molecule has 0 saturated heterocycles. The lowest BCUT2D eigenvalue weighted by Gasteiger charge is -2.06. The van der Waals surface area contributed by atoms with E-state index in [0.717, 1.165) is 5.56 Å². The quantitative estimate of drug-likeness (QED) is 0.783. The van der Waals surface area contributed by atoms with Crippen molar-refractivity contribution >= 4 is 17.4 Å². The summed E-state index contributed by atoms with van der Waals surface area (Å²) in [6.07, 6.45) is 4.61. The molecule has 0 N–H and O–H groups in total. The van der Waals surface area contributed by atoms with E-state index in [1.54, 1.807) is 30.6 Å². The molecule has 1 aromatic heterocycles. The molecule has 0 spiro atoms. The highest BCUT2D eigenvalue weighted by Crippen LogP contribution is 2.25. The third-order valence-electron chi connectivity index (χ3n) is 2.86. The average molecular weight is 276 g/mol. The molecule has 1 heterocycles. The van der Waals surface area contributed by atoms with E-state index in [4.69, 9.17) is 16.3 Å². The van der Waals surface area contributed by atoms with Gasteiger partial charge in [-0.2, -0.15) is 0 Å². The SMILES string of the molecule is COc1cc(C(=O)CCc2ccncc2)ccc1Cl. The molecule has 0 saturated carbocycles. The number of ether oxygens (including phenoxy) is 1. The minimum absolute atomic E-state index is 0.0757. The number of pyridine rings is 1. The number of rotatable bonds is 5. The molecule has 1 aromatic carbocycles. The van der Waals surface area contributed by atoms with Gasteiger partial charge in [-0.1, -0.05) is 11.6 Å². The Balaban J connectivity index is 2.04. The standard InChI is InChI=1S/C15H14ClNO2/c1-19-15-10-12(3-4-13(15)16)14(18)5-2-11-6-8-17-9-7-11/h3-4,6-10H,2,5H2,1H3. The predicted octanol–water partition coefficient (Wildman–Crippen LogP) is 3.56. The summed E-state index contributed by atoms with van der Waals surface area (Å²) in [7, 11) is 1.53. The summed E-state index contributed by atoms with van der Waals surface area (Å²) in [6.45, 7) is 0. The van der Waals surface area contributed by atoms with Gasteiger partial charge in [0, 0.05) is 24.4 Å². The first-order valence-corrected chi connectivity index (χ1v) is 6.34. The number of halogens is 1. The molecule has 0 amide bonds. The van der Waals surface area contributed by atoms with Crippen molar-refractivity contribution in [3.63, 3.8) is 0 Å². The van der Waals surface area contributed by atoms with Gasteiger partial charge in [-0.05, 0) is 42.3 Å². The van der Waals surface area contributed by atoms with Crippen LogP contribution in [0.2, 0.25) is 5.02 Å². The molecule has 19 heavy (non-hydrogen) atoms. The van der Waals surface area contributed by atoms with Gasteiger partial charge in [0.1, 0.15) is 5.75 Å². The first-order chi connectivity index (χ1) is 9.20. The maximum atomic E-state index is 12.1. The van der Waals surface area contributed by atoms with Crippen molar-refractivity contribution in [2.75, 3.05) is 7.11 Å². The van der Waals surface area contributed by atoms with Crippen molar-refractivity contribution in [1.29, 1.82) is 0 Å². The van der Waals surface area contributed by atoms with E-state index >= 15 is 0 Å². The second kappa shape index (κ2) is 6.34. The third kappa shape index (κ3) is 3.55. The summed E-state index contributed by atoms with van der Waals surface area (Å²) < 4.78 is 5.11. The van der Waals surface area contributed by atoms with Gasteiger partial charge in [-0.25, -0.2) is 0 Å². The summed E-state index contributed by atoms with van der Waals surface area (Å²) in [6, 6.07) is 8.91. The zero-order valence-corrected chi connectivity index (χ0v) is 11.4. The highest BCUT2D eigenvalue weighted by molar-refractivity contribution is 6.32. The van der Waals surface area contributed by atoms with E-state index < -0.39 is 0 Å². The molecule has 0 aliphatic carbocycles. The lowest BCUT2D eigenvalue weighted by molar-refractivity contribution is 0.0982. The van der Waals surface area contributed by atoms with Crippen LogP contribution >= 0.6 is 11.6 Å². The lowest BCUT2D eigenvalue weighted by Crippen LogP contribution is -2.02. The Morgan fingerprint density at radius 1 is 1.26 bits per heavy atom. The smallest absolute Gasteiger partial charge is 0.163 e. The Morgan fingerprint density at radius 2 is 2.00 bits per heavy atom. The van der Waals surface area contributed by atoms with Gasteiger partial charge in [0.2, 0.25) is 0 Å². The number of ketones is 1. The predicted molar refractivity (Wildman–Crippen MR) is 74.9 cm³/mol. The second-order valence-electron chi connectivity index (χ2n) is 4.13. The molecule has 3 nitrogen and oxygen atoms in total. The van der Waals surface area contributed by atoms with Crippen LogP contribution in [0.15, 0.2) is 42.7 Å². The van der Waals surface area contributed by atoms with E-state index in [1.807, 2.05) is 12.1 Å². The van der Waals surface area contributed by atoms with Gasteiger partial charge in [0.15, 0.2) is 5.78 Å². The fraction of sp³-hybridized carbons (Fsp3) is 0.200.